The predicted molar refractivity (Wildman–Crippen MR) is 79.0 cm³/mol. The van der Waals surface area contributed by atoms with Crippen LogP contribution in [0.15, 0.2) is 0 Å². The summed E-state index contributed by atoms with van der Waals surface area (Å²) in [5.74, 6) is 2.02. The lowest BCUT2D eigenvalue weighted by atomic mass is 9.74. The molecule has 2 fully saturated rings. The van der Waals surface area contributed by atoms with Gasteiger partial charge in [0.15, 0.2) is 0 Å². The molecule has 2 aliphatic rings. The molecule has 110 valence electrons. The second-order valence-corrected chi connectivity index (χ2v) is 6.76. The summed E-state index contributed by atoms with van der Waals surface area (Å²) in [5.41, 5.74) is -0.0596. The molecule has 2 saturated heterocycles. The van der Waals surface area contributed by atoms with E-state index in [1.165, 1.54) is 12.8 Å². The van der Waals surface area contributed by atoms with Crippen molar-refractivity contribution < 1.29 is 4.79 Å². The van der Waals surface area contributed by atoms with Gasteiger partial charge < -0.3 is 10.2 Å². The third-order valence-corrected chi connectivity index (χ3v) is 5.46. The fourth-order valence-electron chi connectivity index (χ4n) is 3.73. The van der Waals surface area contributed by atoms with E-state index in [-0.39, 0.29) is 5.41 Å². The van der Waals surface area contributed by atoms with Gasteiger partial charge in [-0.25, -0.2) is 0 Å². The number of rotatable bonds is 3. The summed E-state index contributed by atoms with van der Waals surface area (Å²) in [4.78, 5) is 15.0. The zero-order valence-electron chi connectivity index (χ0n) is 12.9. The Morgan fingerprint density at radius 3 is 2.32 bits per heavy atom. The summed E-state index contributed by atoms with van der Waals surface area (Å²) in [5, 5.41) is 3.38. The molecule has 0 bridgehead atoms. The predicted octanol–water partition coefficient (Wildman–Crippen LogP) is 2.66. The van der Waals surface area contributed by atoms with E-state index >= 15 is 0 Å². The first-order chi connectivity index (χ1) is 9.09. The van der Waals surface area contributed by atoms with E-state index in [1.807, 2.05) is 0 Å². The number of amides is 1. The highest BCUT2D eigenvalue weighted by atomic mass is 16.2. The summed E-state index contributed by atoms with van der Waals surface area (Å²) in [6.45, 7) is 10.8. The average Bonchev–Trinajstić information content (AvgIpc) is 2.47. The SMILES string of the molecule is CCC1(C(=O)N2CCC(C(C)C)CC2)CCNCC1. The first kappa shape index (κ1) is 14.8. The molecule has 1 amide bonds. The van der Waals surface area contributed by atoms with Gasteiger partial charge in [0.1, 0.15) is 0 Å². The van der Waals surface area contributed by atoms with E-state index in [0.717, 1.165) is 57.3 Å². The van der Waals surface area contributed by atoms with Crippen LogP contribution in [0.1, 0.15) is 52.9 Å². The van der Waals surface area contributed by atoms with Crippen molar-refractivity contribution in [1.82, 2.24) is 10.2 Å². The first-order valence-corrected chi connectivity index (χ1v) is 8.09. The highest BCUT2D eigenvalue weighted by molar-refractivity contribution is 5.83. The van der Waals surface area contributed by atoms with E-state index in [2.05, 4.69) is 31.0 Å². The van der Waals surface area contributed by atoms with Crippen molar-refractivity contribution in [3.8, 4) is 0 Å². The average molecular weight is 266 g/mol. The van der Waals surface area contributed by atoms with Gasteiger partial charge in [0, 0.05) is 13.1 Å². The highest BCUT2D eigenvalue weighted by Crippen LogP contribution is 2.36. The minimum absolute atomic E-state index is 0.0596. The maximum atomic E-state index is 12.9. The number of hydrogen-bond acceptors (Lipinski definition) is 2. The lowest BCUT2D eigenvalue weighted by Gasteiger charge is -2.42. The molecule has 0 spiro atoms. The molecule has 0 radical (unpaired) electrons. The van der Waals surface area contributed by atoms with Crippen LogP contribution in [0.3, 0.4) is 0 Å². The van der Waals surface area contributed by atoms with E-state index in [0.29, 0.717) is 5.91 Å². The van der Waals surface area contributed by atoms with Crippen molar-refractivity contribution in [2.45, 2.75) is 52.9 Å². The molecular weight excluding hydrogens is 236 g/mol. The monoisotopic (exact) mass is 266 g/mol. The Hall–Kier alpha value is -0.570. The van der Waals surface area contributed by atoms with Gasteiger partial charge in [0.25, 0.3) is 0 Å². The van der Waals surface area contributed by atoms with Gasteiger partial charge in [-0.2, -0.15) is 0 Å². The minimum atomic E-state index is -0.0596. The van der Waals surface area contributed by atoms with Crippen LogP contribution >= 0.6 is 0 Å². The summed E-state index contributed by atoms with van der Waals surface area (Å²) in [6, 6.07) is 0. The number of carbonyl (C=O) groups is 1. The second-order valence-electron chi connectivity index (χ2n) is 6.76. The standard InChI is InChI=1S/C16H30N2O/c1-4-16(7-9-17-10-8-16)15(19)18-11-5-14(6-12-18)13(2)3/h13-14,17H,4-12H2,1-3H3. The molecule has 0 atom stereocenters. The Morgan fingerprint density at radius 2 is 1.84 bits per heavy atom. The van der Waals surface area contributed by atoms with Gasteiger partial charge in [-0.3, -0.25) is 4.79 Å². The quantitative estimate of drug-likeness (QED) is 0.852. The Bertz CT molecular complexity index is 300. The maximum absolute atomic E-state index is 12.9. The lowest BCUT2D eigenvalue weighted by Crippen LogP contribution is -2.51. The van der Waals surface area contributed by atoms with Crippen LogP contribution in [0.5, 0.6) is 0 Å². The molecule has 2 rings (SSSR count). The van der Waals surface area contributed by atoms with E-state index in [1.54, 1.807) is 0 Å². The summed E-state index contributed by atoms with van der Waals surface area (Å²) in [6.07, 6.45) is 5.43. The smallest absolute Gasteiger partial charge is 0.228 e. The minimum Gasteiger partial charge on any atom is -0.342 e. The Labute approximate surface area is 118 Å². The maximum Gasteiger partial charge on any atom is 0.228 e. The van der Waals surface area contributed by atoms with Gasteiger partial charge in [-0.05, 0) is 57.0 Å². The van der Waals surface area contributed by atoms with Crippen LogP contribution in [-0.4, -0.2) is 37.0 Å². The fourth-order valence-corrected chi connectivity index (χ4v) is 3.73. The van der Waals surface area contributed by atoms with Crippen LogP contribution in [0.25, 0.3) is 0 Å². The number of hydrogen-bond donors (Lipinski definition) is 1. The molecule has 0 aromatic rings. The molecule has 0 unspecified atom stereocenters. The van der Waals surface area contributed by atoms with Gasteiger partial charge in [0.05, 0.1) is 5.41 Å². The summed E-state index contributed by atoms with van der Waals surface area (Å²) in [7, 11) is 0. The molecule has 0 aromatic heterocycles. The van der Waals surface area contributed by atoms with Crippen molar-refractivity contribution in [3.05, 3.63) is 0 Å². The molecule has 2 aliphatic heterocycles. The van der Waals surface area contributed by atoms with Crippen molar-refractivity contribution in [1.29, 1.82) is 0 Å². The zero-order chi connectivity index (χ0) is 13.9. The molecule has 1 N–H and O–H groups in total. The molecule has 0 aromatic carbocycles. The Balaban J connectivity index is 1.96. The van der Waals surface area contributed by atoms with Gasteiger partial charge in [-0.15, -0.1) is 0 Å². The van der Waals surface area contributed by atoms with Crippen LogP contribution in [-0.2, 0) is 4.79 Å². The third-order valence-electron chi connectivity index (χ3n) is 5.46. The molecule has 0 saturated carbocycles. The van der Waals surface area contributed by atoms with Crippen LogP contribution in [0.2, 0.25) is 0 Å². The second kappa shape index (κ2) is 6.25. The van der Waals surface area contributed by atoms with E-state index in [4.69, 9.17) is 0 Å². The van der Waals surface area contributed by atoms with Gasteiger partial charge >= 0.3 is 0 Å². The number of carbonyl (C=O) groups excluding carboxylic acids is 1. The molecule has 0 aliphatic carbocycles. The van der Waals surface area contributed by atoms with Gasteiger partial charge in [-0.1, -0.05) is 20.8 Å². The molecule has 19 heavy (non-hydrogen) atoms. The zero-order valence-corrected chi connectivity index (χ0v) is 12.9. The Kier molecular flexibility index (Phi) is 4.88. The number of nitrogens with one attached hydrogen (secondary N) is 1. The van der Waals surface area contributed by atoms with E-state index in [9.17, 15) is 4.79 Å². The van der Waals surface area contributed by atoms with Crippen molar-refractivity contribution >= 4 is 5.91 Å². The van der Waals surface area contributed by atoms with Gasteiger partial charge in [0.2, 0.25) is 5.91 Å². The van der Waals surface area contributed by atoms with Crippen LogP contribution in [0, 0.1) is 17.3 Å². The number of likely N-dealkylation sites (tertiary alicyclic amines) is 1. The molecule has 2 heterocycles. The van der Waals surface area contributed by atoms with E-state index < -0.39 is 0 Å². The fraction of sp³-hybridized carbons (Fsp3) is 0.938. The number of piperidine rings is 2. The molecular formula is C16H30N2O. The van der Waals surface area contributed by atoms with Crippen LogP contribution in [0.4, 0.5) is 0 Å². The first-order valence-electron chi connectivity index (χ1n) is 8.09. The normalized spacial score (nSPS) is 24.7. The molecule has 3 heteroatoms. The molecule has 3 nitrogen and oxygen atoms in total. The summed E-state index contributed by atoms with van der Waals surface area (Å²) >= 11 is 0. The van der Waals surface area contributed by atoms with Crippen molar-refractivity contribution in [2.24, 2.45) is 17.3 Å². The Morgan fingerprint density at radius 1 is 1.26 bits per heavy atom. The van der Waals surface area contributed by atoms with Crippen LogP contribution < -0.4 is 5.32 Å². The lowest BCUT2D eigenvalue weighted by molar-refractivity contribution is -0.145. The van der Waals surface area contributed by atoms with Crippen molar-refractivity contribution in [3.63, 3.8) is 0 Å². The number of nitrogens with zero attached hydrogens (tertiary/aromatic N) is 1. The largest absolute Gasteiger partial charge is 0.342 e. The summed E-state index contributed by atoms with van der Waals surface area (Å²) < 4.78 is 0. The highest BCUT2D eigenvalue weighted by Gasteiger charge is 2.41. The topological polar surface area (TPSA) is 32.3 Å². The third kappa shape index (κ3) is 3.13. The van der Waals surface area contributed by atoms with Crippen molar-refractivity contribution in [2.75, 3.05) is 26.2 Å².